The molecule has 0 aliphatic rings. The van der Waals surface area contributed by atoms with Gasteiger partial charge in [-0.05, 0) is 82.7 Å². The minimum atomic E-state index is -0.433. The van der Waals surface area contributed by atoms with Crippen molar-refractivity contribution in [3.63, 3.8) is 0 Å². The average Bonchev–Trinajstić information content (AvgIpc) is 2.86. The lowest BCUT2D eigenvalue weighted by atomic mass is 10.2. The van der Waals surface area contributed by atoms with Crippen LogP contribution in [-0.4, -0.2) is 37.3 Å². The van der Waals surface area contributed by atoms with E-state index in [0.29, 0.717) is 40.3 Å². The molecule has 3 N–H and O–H groups in total. The third-order valence-corrected chi connectivity index (χ3v) is 5.23. The van der Waals surface area contributed by atoms with E-state index >= 15 is 0 Å². The summed E-state index contributed by atoms with van der Waals surface area (Å²) in [6.07, 6.45) is 0. The number of thiocarbonyl (C=S) groups is 1. The van der Waals surface area contributed by atoms with Crippen LogP contribution >= 0.6 is 28.1 Å². The summed E-state index contributed by atoms with van der Waals surface area (Å²) >= 11 is 8.40. The van der Waals surface area contributed by atoms with E-state index in [0.717, 1.165) is 5.75 Å². The highest BCUT2D eigenvalue weighted by Gasteiger charge is 2.11. The summed E-state index contributed by atoms with van der Waals surface area (Å²) in [6.45, 7) is 0.754. The van der Waals surface area contributed by atoms with Crippen LogP contribution in [-0.2, 0) is 0 Å². The molecule has 0 spiro atoms. The highest BCUT2D eigenvalue weighted by molar-refractivity contribution is 9.10. The number of ether oxygens (including phenoxy) is 3. The van der Waals surface area contributed by atoms with Crippen LogP contribution in [0.3, 0.4) is 0 Å². The van der Waals surface area contributed by atoms with Gasteiger partial charge in [-0.1, -0.05) is 18.2 Å². The first-order valence-corrected chi connectivity index (χ1v) is 11.3. The van der Waals surface area contributed by atoms with Crippen molar-refractivity contribution in [1.29, 1.82) is 0 Å². The van der Waals surface area contributed by atoms with E-state index in [9.17, 15) is 9.59 Å². The van der Waals surface area contributed by atoms with E-state index in [1.165, 1.54) is 7.11 Å². The van der Waals surface area contributed by atoms with E-state index in [-0.39, 0.29) is 5.11 Å². The summed E-state index contributed by atoms with van der Waals surface area (Å²) < 4.78 is 17.0. The Labute approximate surface area is 210 Å². The van der Waals surface area contributed by atoms with Gasteiger partial charge < -0.3 is 14.2 Å². The van der Waals surface area contributed by atoms with E-state index in [2.05, 4.69) is 32.1 Å². The quantitative estimate of drug-likeness (QED) is 0.225. The summed E-state index contributed by atoms with van der Waals surface area (Å²) in [5, 5.41) is 2.45. The number of amides is 2. The number of carbonyl (C=O) groups is 2. The Bertz CT molecular complexity index is 1140. The molecule has 10 heteroatoms. The maximum atomic E-state index is 12.4. The zero-order chi connectivity index (χ0) is 24.3. The van der Waals surface area contributed by atoms with Crippen molar-refractivity contribution in [3.8, 4) is 17.2 Å². The van der Waals surface area contributed by atoms with Crippen molar-refractivity contribution in [2.75, 3.05) is 20.3 Å². The van der Waals surface area contributed by atoms with Crippen LogP contribution in [0, 0.1) is 0 Å². The summed E-state index contributed by atoms with van der Waals surface area (Å²) in [5.41, 5.74) is 5.69. The number of benzene rings is 3. The molecule has 0 aliphatic heterocycles. The molecule has 176 valence electrons. The lowest BCUT2D eigenvalue weighted by Crippen LogP contribution is -2.48. The second-order valence-electron chi connectivity index (χ2n) is 6.75. The van der Waals surface area contributed by atoms with Gasteiger partial charge in [-0.25, -0.2) is 0 Å². The summed E-state index contributed by atoms with van der Waals surface area (Å²) in [7, 11) is 1.53. The number of hydrazine groups is 1. The van der Waals surface area contributed by atoms with Crippen LogP contribution in [0.4, 0.5) is 0 Å². The van der Waals surface area contributed by atoms with Crippen molar-refractivity contribution in [3.05, 3.63) is 88.4 Å². The van der Waals surface area contributed by atoms with Gasteiger partial charge in [0.05, 0.1) is 11.6 Å². The summed E-state index contributed by atoms with van der Waals surface area (Å²) in [6, 6.07) is 20.9. The molecule has 8 nitrogen and oxygen atoms in total. The fourth-order valence-corrected chi connectivity index (χ4v) is 3.42. The number of rotatable bonds is 8. The number of nitrogens with one attached hydrogen (secondary N) is 3. The van der Waals surface area contributed by atoms with Crippen LogP contribution in [0.25, 0.3) is 0 Å². The predicted octanol–water partition coefficient (Wildman–Crippen LogP) is 3.86. The Morgan fingerprint density at radius 2 is 1.44 bits per heavy atom. The van der Waals surface area contributed by atoms with Crippen molar-refractivity contribution in [1.82, 2.24) is 16.2 Å². The molecule has 3 aromatic carbocycles. The Morgan fingerprint density at radius 1 is 0.824 bits per heavy atom. The van der Waals surface area contributed by atoms with Gasteiger partial charge in [0.2, 0.25) is 0 Å². The van der Waals surface area contributed by atoms with Crippen molar-refractivity contribution in [2.45, 2.75) is 0 Å². The van der Waals surface area contributed by atoms with Gasteiger partial charge in [0.1, 0.15) is 30.5 Å². The third-order valence-electron chi connectivity index (χ3n) is 4.41. The fourth-order valence-electron chi connectivity index (χ4n) is 2.74. The number of para-hydroxylation sites is 1. The van der Waals surface area contributed by atoms with E-state index in [1.807, 2.05) is 30.3 Å². The maximum Gasteiger partial charge on any atom is 0.269 e. The topological polar surface area (TPSA) is 97.9 Å². The van der Waals surface area contributed by atoms with Crippen LogP contribution in [0.15, 0.2) is 77.3 Å². The second-order valence-corrected chi connectivity index (χ2v) is 8.01. The number of carbonyl (C=O) groups excluding carboxylic acids is 2. The first-order valence-electron chi connectivity index (χ1n) is 10.1. The number of halogens is 1. The van der Waals surface area contributed by atoms with Crippen molar-refractivity contribution >= 4 is 45.1 Å². The Hall–Kier alpha value is -3.63. The number of hydrogen-bond acceptors (Lipinski definition) is 6. The molecule has 0 saturated carbocycles. The van der Waals surface area contributed by atoms with Gasteiger partial charge in [0, 0.05) is 11.1 Å². The minimum absolute atomic E-state index is 0.0516. The highest BCUT2D eigenvalue weighted by atomic mass is 79.9. The molecule has 0 heterocycles. The Kier molecular flexibility index (Phi) is 9.24. The Balaban J connectivity index is 1.40. The lowest BCUT2D eigenvalue weighted by molar-refractivity contribution is 0.0934. The molecule has 3 aromatic rings. The SMILES string of the molecule is COc1ccc(C(=O)NNC(=S)NC(=O)c2ccc(OCCOc3ccccc3)cc2)cc1Br. The third kappa shape index (κ3) is 7.46. The normalized spacial score (nSPS) is 10.1. The second kappa shape index (κ2) is 12.6. The maximum absolute atomic E-state index is 12.4. The molecule has 34 heavy (non-hydrogen) atoms. The average molecular weight is 544 g/mol. The highest BCUT2D eigenvalue weighted by Crippen LogP contribution is 2.25. The van der Waals surface area contributed by atoms with E-state index in [1.54, 1.807) is 42.5 Å². The van der Waals surface area contributed by atoms with Crippen LogP contribution in [0.2, 0.25) is 0 Å². The monoisotopic (exact) mass is 543 g/mol. The molecule has 0 saturated heterocycles. The first kappa shape index (κ1) is 25.0. The molecule has 0 unspecified atom stereocenters. The van der Waals surface area contributed by atoms with Gasteiger partial charge in [-0.2, -0.15) is 0 Å². The van der Waals surface area contributed by atoms with Crippen molar-refractivity contribution < 1.29 is 23.8 Å². The van der Waals surface area contributed by atoms with E-state index < -0.39 is 11.8 Å². The molecule has 3 rings (SSSR count). The summed E-state index contributed by atoms with van der Waals surface area (Å²) in [4.78, 5) is 24.6. The smallest absolute Gasteiger partial charge is 0.269 e. The largest absolute Gasteiger partial charge is 0.496 e. The summed E-state index contributed by atoms with van der Waals surface area (Å²) in [5.74, 6) is 1.11. The Morgan fingerprint density at radius 3 is 2.06 bits per heavy atom. The first-order chi connectivity index (χ1) is 16.5. The molecule has 0 aliphatic carbocycles. The van der Waals surface area contributed by atoms with Gasteiger partial charge in [-0.15, -0.1) is 0 Å². The molecule has 0 fully saturated rings. The molecular weight excluding hydrogens is 522 g/mol. The zero-order valence-corrected chi connectivity index (χ0v) is 20.6. The fraction of sp³-hybridized carbons (Fsp3) is 0.125. The molecular formula is C24H22BrN3O5S. The molecule has 0 atom stereocenters. The van der Waals surface area contributed by atoms with Crippen molar-refractivity contribution in [2.24, 2.45) is 0 Å². The van der Waals surface area contributed by atoms with Crippen LogP contribution in [0.1, 0.15) is 20.7 Å². The van der Waals surface area contributed by atoms with Crippen LogP contribution < -0.4 is 30.4 Å². The van der Waals surface area contributed by atoms with Gasteiger partial charge in [0.15, 0.2) is 5.11 Å². The van der Waals surface area contributed by atoms with Gasteiger partial charge in [-0.3, -0.25) is 25.8 Å². The molecule has 2 amide bonds. The number of methoxy groups -OCH3 is 1. The van der Waals surface area contributed by atoms with Gasteiger partial charge >= 0.3 is 0 Å². The van der Waals surface area contributed by atoms with Crippen LogP contribution in [0.5, 0.6) is 17.2 Å². The molecule has 0 aromatic heterocycles. The standard InChI is InChI=1S/C24H22BrN3O5S/c1-31-21-12-9-17(15-20(21)25)23(30)27-28-24(34)26-22(29)16-7-10-19(11-8-16)33-14-13-32-18-5-3-2-4-6-18/h2-12,15H,13-14H2,1H3,(H,27,30)(H2,26,28,29,34). The molecule has 0 bridgehead atoms. The zero-order valence-electron chi connectivity index (χ0n) is 18.2. The van der Waals surface area contributed by atoms with Gasteiger partial charge in [0.25, 0.3) is 11.8 Å². The molecule has 0 radical (unpaired) electrons. The number of hydrogen-bond donors (Lipinski definition) is 3. The lowest BCUT2D eigenvalue weighted by Gasteiger charge is -2.12. The predicted molar refractivity (Wildman–Crippen MR) is 135 cm³/mol. The van der Waals surface area contributed by atoms with E-state index in [4.69, 9.17) is 26.4 Å². The minimum Gasteiger partial charge on any atom is -0.496 e.